The van der Waals surface area contributed by atoms with Crippen molar-refractivity contribution in [2.45, 2.75) is 37.8 Å². The van der Waals surface area contributed by atoms with Gasteiger partial charge in [0, 0.05) is 62.2 Å². The molecule has 0 saturated carbocycles. The van der Waals surface area contributed by atoms with Gasteiger partial charge in [0.15, 0.2) is 5.78 Å². The molecule has 2 fully saturated rings. The molecule has 3 aliphatic rings. The molecule has 2 amide bonds. The van der Waals surface area contributed by atoms with Crippen molar-refractivity contribution in [1.82, 2.24) is 25.5 Å². The number of piperidine rings is 1. The SMILES string of the molecule is CN(C)C1CCN(c2ccc(-c3n[nH]c4c3C(=O)c3c(NC(=O)NN(C)C5CCOCC5)cccc3-4)cc2)CC1. The Balaban J connectivity index is 1.17. The molecular weight excluding hydrogens is 506 g/mol. The Hall–Kier alpha value is -3.73. The number of carbonyl (C=O) groups is 2. The maximum atomic E-state index is 13.7. The number of H-pyrrole nitrogens is 1. The molecule has 3 aromatic rings. The molecule has 0 bridgehead atoms. The first kappa shape index (κ1) is 26.5. The van der Waals surface area contributed by atoms with Crippen molar-refractivity contribution in [2.24, 2.45) is 0 Å². The minimum atomic E-state index is -0.380. The minimum absolute atomic E-state index is 0.141. The Morgan fingerprint density at radius 2 is 1.70 bits per heavy atom. The lowest BCUT2D eigenvalue weighted by Crippen LogP contribution is -2.49. The summed E-state index contributed by atoms with van der Waals surface area (Å²) in [5, 5.41) is 12.3. The van der Waals surface area contributed by atoms with Crippen molar-refractivity contribution in [3.05, 3.63) is 53.6 Å². The third-order valence-electron chi connectivity index (χ3n) is 8.52. The van der Waals surface area contributed by atoms with Gasteiger partial charge in [0.05, 0.1) is 22.5 Å². The third-order valence-corrected chi connectivity index (χ3v) is 8.52. The number of aromatic nitrogens is 2. The number of hydrogen-bond donors (Lipinski definition) is 3. The van der Waals surface area contributed by atoms with E-state index in [0.717, 1.165) is 49.9 Å². The summed E-state index contributed by atoms with van der Waals surface area (Å²) in [7, 11) is 6.16. The van der Waals surface area contributed by atoms with Crippen LogP contribution >= 0.6 is 0 Å². The predicted octanol–water partition coefficient (Wildman–Crippen LogP) is 3.97. The van der Waals surface area contributed by atoms with Gasteiger partial charge in [0.25, 0.3) is 0 Å². The molecule has 10 nitrogen and oxygen atoms in total. The molecule has 2 saturated heterocycles. The van der Waals surface area contributed by atoms with Crippen LogP contribution in [0.25, 0.3) is 22.5 Å². The standard InChI is InChI=1S/C30H37N7O3/c1-35(2)20-11-15-37(16-12-20)22-9-7-19(8-10-22)27-26-28(33-32-27)23-5-4-6-24(25(23)29(26)38)31-30(39)34-36(3)21-13-17-40-18-14-21/h4-10,20-21H,11-18H2,1-3H3,(H,32,33)(H2,31,34,39). The summed E-state index contributed by atoms with van der Waals surface area (Å²) in [5.41, 5.74) is 8.53. The number of rotatable bonds is 6. The first-order chi connectivity index (χ1) is 19.4. The molecule has 0 radical (unpaired) electrons. The smallest absolute Gasteiger partial charge is 0.333 e. The van der Waals surface area contributed by atoms with E-state index in [1.54, 1.807) is 6.07 Å². The van der Waals surface area contributed by atoms with Gasteiger partial charge in [-0.25, -0.2) is 9.80 Å². The lowest BCUT2D eigenvalue weighted by atomic mass is 10.0. The van der Waals surface area contributed by atoms with E-state index in [1.807, 2.05) is 36.3 Å². The molecule has 6 rings (SSSR count). The highest BCUT2D eigenvalue weighted by atomic mass is 16.5. The number of fused-ring (bicyclic) bond motifs is 3. The van der Waals surface area contributed by atoms with Gasteiger partial charge in [0.2, 0.25) is 0 Å². The molecule has 210 valence electrons. The van der Waals surface area contributed by atoms with Crippen LogP contribution in [-0.2, 0) is 4.74 Å². The Morgan fingerprint density at radius 1 is 0.975 bits per heavy atom. The van der Waals surface area contributed by atoms with Crippen molar-refractivity contribution < 1.29 is 14.3 Å². The zero-order valence-corrected chi connectivity index (χ0v) is 23.4. The summed E-state index contributed by atoms with van der Waals surface area (Å²) in [6, 6.07) is 14.3. The van der Waals surface area contributed by atoms with E-state index in [9.17, 15) is 9.59 Å². The quantitative estimate of drug-likeness (QED) is 0.316. The fraction of sp³-hybridized carbons (Fsp3) is 0.433. The van der Waals surface area contributed by atoms with Gasteiger partial charge in [0.1, 0.15) is 5.69 Å². The summed E-state index contributed by atoms with van der Waals surface area (Å²) >= 11 is 0. The summed E-state index contributed by atoms with van der Waals surface area (Å²) < 4.78 is 5.42. The second-order valence-electron chi connectivity index (χ2n) is 11.1. The van der Waals surface area contributed by atoms with Gasteiger partial charge in [-0.1, -0.05) is 24.3 Å². The minimum Gasteiger partial charge on any atom is -0.381 e. The molecule has 10 heteroatoms. The summed E-state index contributed by atoms with van der Waals surface area (Å²) in [4.78, 5) is 31.3. The van der Waals surface area contributed by atoms with E-state index in [4.69, 9.17) is 4.74 Å². The van der Waals surface area contributed by atoms with E-state index in [-0.39, 0.29) is 17.9 Å². The van der Waals surface area contributed by atoms with E-state index < -0.39 is 0 Å². The first-order valence-electron chi connectivity index (χ1n) is 14.1. The maximum absolute atomic E-state index is 13.7. The van der Waals surface area contributed by atoms with Crippen molar-refractivity contribution in [3.63, 3.8) is 0 Å². The predicted molar refractivity (Wildman–Crippen MR) is 156 cm³/mol. The number of hydrazine groups is 1. The Morgan fingerprint density at radius 3 is 2.40 bits per heavy atom. The van der Waals surface area contributed by atoms with Gasteiger partial charge < -0.3 is 19.9 Å². The van der Waals surface area contributed by atoms with Crippen LogP contribution < -0.4 is 15.6 Å². The Kier molecular flexibility index (Phi) is 7.31. The van der Waals surface area contributed by atoms with Crippen molar-refractivity contribution in [3.8, 4) is 22.5 Å². The van der Waals surface area contributed by atoms with Crippen LogP contribution in [0.1, 0.15) is 41.6 Å². The van der Waals surface area contributed by atoms with Crippen LogP contribution in [-0.4, -0.2) is 91.5 Å². The molecule has 0 spiro atoms. The topological polar surface area (TPSA) is 106 Å². The molecule has 0 unspecified atom stereocenters. The molecule has 2 aliphatic heterocycles. The maximum Gasteiger partial charge on any atom is 0.333 e. The number of nitrogens with zero attached hydrogens (tertiary/aromatic N) is 4. The van der Waals surface area contributed by atoms with Crippen LogP contribution in [0.15, 0.2) is 42.5 Å². The van der Waals surface area contributed by atoms with Crippen LogP contribution in [0.3, 0.4) is 0 Å². The monoisotopic (exact) mass is 543 g/mol. The largest absolute Gasteiger partial charge is 0.381 e. The van der Waals surface area contributed by atoms with Crippen LogP contribution in [0, 0.1) is 0 Å². The second kappa shape index (κ2) is 11.0. The zero-order chi connectivity index (χ0) is 27.8. The molecule has 2 aromatic carbocycles. The van der Waals surface area contributed by atoms with E-state index >= 15 is 0 Å². The van der Waals surface area contributed by atoms with Crippen molar-refractivity contribution >= 4 is 23.2 Å². The number of ketones is 1. The van der Waals surface area contributed by atoms with Crippen LogP contribution in [0.5, 0.6) is 0 Å². The van der Waals surface area contributed by atoms with E-state index in [0.29, 0.717) is 47.5 Å². The molecule has 1 aliphatic carbocycles. The molecule has 1 aromatic heterocycles. The number of hydrogen-bond acceptors (Lipinski definition) is 7. The Labute approximate surface area is 234 Å². The number of aromatic amines is 1. The van der Waals surface area contributed by atoms with Crippen molar-refractivity contribution in [2.75, 3.05) is 57.7 Å². The second-order valence-corrected chi connectivity index (χ2v) is 11.1. The highest BCUT2D eigenvalue weighted by molar-refractivity contribution is 6.26. The number of anilines is 2. The highest BCUT2D eigenvalue weighted by Crippen LogP contribution is 2.43. The number of carbonyl (C=O) groups excluding carboxylic acids is 2. The Bertz CT molecular complexity index is 1390. The number of urea groups is 1. The van der Waals surface area contributed by atoms with Gasteiger partial charge in [-0.2, -0.15) is 5.10 Å². The van der Waals surface area contributed by atoms with Gasteiger partial charge in [-0.15, -0.1) is 0 Å². The molecule has 3 heterocycles. The lowest BCUT2D eigenvalue weighted by Gasteiger charge is -2.36. The van der Waals surface area contributed by atoms with Crippen molar-refractivity contribution in [1.29, 1.82) is 0 Å². The molecule has 3 N–H and O–H groups in total. The summed E-state index contributed by atoms with van der Waals surface area (Å²) in [6.45, 7) is 3.43. The number of ether oxygens (including phenoxy) is 1. The molecule has 0 atom stereocenters. The molecular formula is C30H37N7O3. The van der Waals surface area contributed by atoms with E-state index in [1.165, 1.54) is 5.69 Å². The number of nitrogens with one attached hydrogen (secondary N) is 3. The van der Waals surface area contributed by atoms with Gasteiger partial charge in [-0.3, -0.25) is 15.3 Å². The summed E-state index contributed by atoms with van der Waals surface area (Å²) in [6.07, 6.45) is 4.01. The van der Waals surface area contributed by atoms with Crippen LogP contribution in [0.2, 0.25) is 0 Å². The lowest BCUT2D eigenvalue weighted by molar-refractivity contribution is 0.0312. The normalized spacial score (nSPS) is 17.8. The first-order valence-corrected chi connectivity index (χ1v) is 14.1. The fourth-order valence-corrected chi connectivity index (χ4v) is 6.15. The van der Waals surface area contributed by atoms with Gasteiger partial charge in [-0.05, 0) is 58.0 Å². The highest BCUT2D eigenvalue weighted by Gasteiger charge is 2.35. The van der Waals surface area contributed by atoms with Crippen LogP contribution in [0.4, 0.5) is 16.2 Å². The third kappa shape index (κ3) is 4.98. The zero-order valence-electron chi connectivity index (χ0n) is 23.4. The molecule has 40 heavy (non-hydrogen) atoms. The van der Waals surface area contributed by atoms with Gasteiger partial charge >= 0.3 is 6.03 Å². The fourth-order valence-electron chi connectivity index (χ4n) is 6.15. The summed E-state index contributed by atoms with van der Waals surface area (Å²) in [5.74, 6) is -0.141. The average Bonchev–Trinajstić information content (AvgIpc) is 3.53. The number of amides is 2. The number of benzene rings is 2. The van der Waals surface area contributed by atoms with E-state index in [2.05, 4.69) is 57.0 Å². The average molecular weight is 544 g/mol.